The highest BCUT2D eigenvalue weighted by Gasteiger charge is 2.18. The zero-order chi connectivity index (χ0) is 22.6. The van der Waals surface area contributed by atoms with E-state index in [1.807, 2.05) is 0 Å². The minimum atomic E-state index is -0.544. The number of carbonyl (C=O) groups is 2. The van der Waals surface area contributed by atoms with Crippen molar-refractivity contribution in [3.63, 3.8) is 0 Å². The summed E-state index contributed by atoms with van der Waals surface area (Å²) in [5, 5.41) is 9.51. The molecule has 5 nitrogen and oxygen atoms in total. The molecule has 0 radical (unpaired) electrons. The molecule has 1 fully saturated rings. The average Bonchev–Trinajstić information content (AvgIpc) is 2.74. The van der Waals surface area contributed by atoms with Gasteiger partial charge in [0.05, 0.1) is 5.44 Å². The first-order chi connectivity index (χ1) is 15.1. The van der Waals surface area contributed by atoms with Gasteiger partial charge in [-0.1, -0.05) is 89.9 Å². The van der Waals surface area contributed by atoms with Gasteiger partial charge in [-0.25, -0.2) is 0 Å². The maximum Gasteiger partial charge on any atom is 0.306 e. The summed E-state index contributed by atoms with van der Waals surface area (Å²) in [5.41, 5.74) is -0.544. The molecule has 0 aromatic heterocycles. The van der Waals surface area contributed by atoms with Crippen molar-refractivity contribution in [2.75, 3.05) is 12.4 Å². The third-order valence-corrected chi connectivity index (χ3v) is 6.81. The van der Waals surface area contributed by atoms with E-state index in [0.29, 0.717) is 18.6 Å². The number of carbonyl (C=O) groups excluding carboxylic acids is 2. The van der Waals surface area contributed by atoms with Crippen LogP contribution >= 0.6 is 11.8 Å². The Morgan fingerprint density at radius 1 is 0.742 bits per heavy atom. The van der Waals surface area contributed by atoms with Crippen molar-refractivity contribution < 1.29 is 24.2 Å². The Morgan fingerprint density at radius 3 is 1.55 bits per heavy atom. The molecule has 1 saturated heterocycles. The highest BCUT2D eigenvalue weighted by Crippen LogP contribution is 2.16. The molecule has 6 heteroatoms. The molecule has 31 heavy (non-hydrogen) atoms. The van der Waals surface area contributed by atoms with Crippen molar-refractivity contribution in [2.24, 2.45) is 0 Å². The summed E-state index contributed by atoms with van der Waals surface area (Å²) in [6, 6.07) is 0. The van der Waals surface area contributed by atoms with Gasteiger partial charge in [0.25, 0.3) is 0 Å². The number of hydrogen-bond acceptors (Lipinski definition) is 6. The highest BCUT2D eigenvalue weighted by molar-refractivity contribution is 7.99. The summed E-state index contributed by atoms with van der Waals surface area (Å²) in [5.74, 6) is -0.0318. The third kappa shape index (κ3) is 18.5. The predicted octanol–water partition coefficient (Wildman–Crippen LogP) is 6.55. The summed E-state index contributed by atoms with van der Waals surface area (Å²) in [4.78, 5) is 24.2. The average molecular weight is 459 g/mol. The molecule has 1 aliphatic heterocycles. The predicted molar refractivity (Wildman–Crippen MR) is 128 cm³/mol. The van der Waals surface area contributed by atoms with E-state index in [9.17, 15) is 14.7 Å². The Morgan fingerprint density at radius 2 is 1.13 bits per heavy atom. The SMILES string of the molecule is CC(O)SCC1COC(=O)CCCCCCCCCCCCCCCCCCC(=O)O1. The van der Waals surface area contributed by atoms with Gasteiger partial charge in [0, 0.05) is 18.6 Å². The van der Waals surface area contributed by atoms with Gasteiger partial charge in [-0.15, -0.1) is 11.8 Å². The van der Waals surface area contributed by atoms with Crippen molar-refractivity contribution in [3.05, 3.63) is 0 Å². The topological polar surface area (TPSA) is 72.8 Å². The fourth-order valence-corrected chi connectivity index (χ4v) is 4.54. The number of hydrogen-bond donors (Lipinski definition) is 1. The van der Waals surface area contributed by atoms with E-state index in [2.05, 4.69) is 0 Å². The number of ether oxygens (including phenoxy) is 2. The number of esters is 2. The molecular formula is C25H46O5S. The molecule has 2 unspecified atom stereocenters. The molecule has 0 saturated carbocycles. The monoisotopic (exact) mass is 458 g/mol. The Labute approximate surface area is 194 Å². The smallest absolute Gasteiger partial charge is 0.306 e. The summed E-state index contributed by atoms with van der Waals surface area (Å²) < 4.78 is 10.9. The Hall–Kier alpha value is -0.750. The minimum Gasteiger partial charge on any atom is -0.462 e. The van der Waals surface area contributed by atoms with Crippen LogP contribution in [-0.4, -0.2) is 40.9 Å². The standard InChI is InChI=1S/C25H46O5S/c1-22(26)31-21-23-20-29-24(27)18-16-14-12-10-8-6-4-2-3-5-7-9-11-13-15-17-19-25(28)30-23/h22-23,26H,2-21H2,1H3. The largest absolute Gasteiger partial charge is 0.462 e. The molecule has 0 spiro atoms. The highest BCUT2D eigenvalue weighted by atomic mass is 32.2. The molecule has 182 valence electrons. The van der Waals surface area contributed by atoms with Crippen LogP contribution in [0.15, 0.2) is 0 Å². The van der Waals surface area contributed by atoms with E-state index in [1.165, 1.54) is 88.8 Å². The fourth-order valence-electron chi connectivity index (χ4n) is 3.88. The second-order valence-electron chi connectivity index (χ2n) is 8.88. The van der Waals surface area contributed by atoms with Crippen molar-refractivity contribution in [3.8, 4) is 0 Å². The lowest BCUT2D eigenvalue weighted by Crippen LogP contribution is -2.28. The first-order valence-electron chi connectivity index (χ1n) is 12.7. The summed E-state index contributed by atoms with van der Waals surface area (Å²) in [7, 11) is 0. The fraction of sp³-hybridized carbons (Fsp3) is 0.920. The molecule has 1 aliphatic rings. The van der Waals surface area contributed by atoms with Crippen LogP contribution in [-0.2, 0) is 19.1 Å². The van der Waals surface area contributed by atoms with Crippen LogP contribution in [0.1, 0.15) is 122 Å². The van der Waals surface area contributed by atoms with Crippen LogP contribution in [0.4, 0.5) is 0 Å². The van der Waals surface area contributed by atoms with Crippen LogP contribution in [0.25, 0.3) is 0 Å². The van der Waals surface area contributed by atoms with E-state index in [0.717, 1.165) is 25.7 Å². The number of rotatable bonds is 3. The second kappa shape index (κ2) is 19.9. The van der Waals surface area contributed by atoms with Crippen molar-refractivity contribution in [1.29, 1.82) is 0 Å². The molecular weight excluding hydrogens is 412 g/mol. The van der Waals surface area contributed by atoms with Gasteiger partial charge >= 0.3 is 11.9 Å². The minimum absolute atomic E-state index is 0.0737. The van der Waals surface area contributed by atoms with Gasteiger partial charge in [0.1, 0.15) is 12.7 Å². The molecule has 1 N–H and O–H groups in total. The van der Waals surface area contributed by atoms with Crippen molar-refractivity contribution in [1.82, 2.24) is 0 Å². The first-order valence-corrected chi connectivity index (χ1v) is 13.8. The molecule has 0 aromatic rings. The van der Waals surface area contributed by atoms with E-state index >= 15 is 0 Å². The van der Waals surface area contributed by atoms with Crippen molar-refractivity contribution in [2.45, 2.75) is 134 Å². The molecule has 0 aliphatic carbocycles. The van der Waals surface area contributed by atoms with E-state index in [4.69, 9.17) is 9.47 Å². The quantitative estimate of drug-likeness (QED) is 0.382. The van der Waals surface area contributed by atoms with E-state index in [1.54, 1.807) is 6.92 Å². The molecule has 2 atom stereocenters. The van der Waals surface area contributed by atoms with Crippen LogP contribution < -0.4 is 0 Å². The molecule has 1 rings (SSSR count). The molecule has 0 bridgehead atoms. The maximum absolute atomic E-state index is 12.2. The van der Waals surface area contributed by atoms with Crippen LogP contribution in [0.5, 0.6) is 0 Å². The van der Waals surface area contributed by atoms with Gasteiger partial charge in [0.2, 0.25) is 0 Å². The number of aliphatic hydroxyl groups excluding tert-OH is 1. The zero-order valence-electron chi connectivity index (χ0n) is 19.8. The van der Waals surface area contributed by atoms with Gasteiger partial charge in [-0.3, -0.25) is 9.59 Å². The van der Waals surface area contributed by atoms with E-state index < -0.39 is 11.5 Å². The molecule has 0 aromatic carbocycles. The summed E-state index contributed by atoms with van der Waals surface area (Å²) in [6.45, 7) is 1.75. The van der Waals surface area contributed by atoms with Gasteiger partial charge < -0.3 is 14.6 Å². The third-order valence-electron chi connectivity index (χ3n) is 5.76. The Kier molecular flexibility index (Phi) is 18.2. The lowest BCUT2D eigenvalue weighted by Gasteiger charge is -2.18. The summed E-state index contributed by atoms with van der Waals surface area (Å²) >= 11 is 1.30. The van der Waals surface area contributed by atoms with Crippen LogP contribution in [0.2, 0.25) is 0 Å². The van der Waals surface area contributed by atoms with Gasteiger partial charge in [0.15, 0.2) is 0 Å². The number of cyclic esters (lactones) is 2. The second-order valence-corrected chi connectivity index (χ2v) is 10.2. The van der Waals surface area contributed by atoms with E-state index in [-0.39, 0.29) is 18.5 Å². The normalized spacial score (nSPS) is 24.4. The molecule has 0 amide bonds. The van der Waals surface area contributed by atoms with Gasteiger partial charge in [-0.2, -0.15) is 0 Å². The van der Waals surface area contributed by atoms with Gasteiger partial charge in [-0.05, 0) is 19.8 Å². The maximum atomic E-state index is 12.2. The zero-order valence-corrected chi connectivity index (χ0v) is 20.6. The number of aliphatic hydroxyl groups is 1. The van der Waals surface area contributed by atoms with Crippen LogP contribution in [0.3, 0.4) is 0 Å². The lowest BCUT2D eigenvalue weighted by atomic mass is 10.0. The number of thioether (sulfide) groups is 1. The Balaban J connectivity index is 2.41. The van der Waals surface area contributed by atoms with Crippen LogP contribution in [0, 0.1) is 0 Å². The molecule has 1 heterocycles. The Bertz CT molecular complexity index is 455. The lowest BCUT2D eigenvalue weighted by molar-refractivity contribution is -0.157. The first kappa shape index (κ1) is 28.3. The summed E-state index contributed by atoms with van der Waals surface area (Å²) in [6.07, 6.45) is 19.7. The van der Waals surface area contributed by atoms with Crippen molar-refractivity contribution >= 4 is 23.7 Å².